The van der Waals surface area contributed by atoms with Crippen molar-refractivity contribution in [3.63, 3.8) is 0 Å². The van der Waals surface area contributed by atoms with Crippen molar-refractivity contribution in [3.8, 4) is 0 Å². The number of fused-ring (bicyclic) bond motifs is 1. The molecule has 0 aliphatic carbocycles. The van der Waals surface area contributed by atoms with Crippen LogP contribution in [0.3, 0.4) is 0 Å². The van der Waals surface area contributed by atoms with Crippen molar-refractivity contribution in [2.75, 3.05) is 0 Å². The van der Waals surface area contributed by atoms with Crippen LogP contribution in [0.1, 0.15) is 5.56 Å². The molecule has 3 rings (SSSR count). The van der Waals surface area contributed by atoms with E-state index >= 15 is 0 Å². The smallest absolute Gasteiger partial charge is 0.113 e. The van der Waals surface area contributed by atoms with Crippen LogP contribution in [0.4, 0.5) is 0 Å². The second-order valence-electron chi connectivity index (χ2n) is 3.59. The van der Waals surface area contributed by atoms with E-state index in [2.05, 4.69) is 15.3 Å². The predicted octanol–water partition coefficient (Wildman–Crippen LogP) is 1.87. The highest BCUT2D eigenvalue weighted by Crippen LogP contribution is 2.11. The van der Waals surface area contributed by atoms with Crippen LogP contribution in [0, 0.1) is 0 Å². The molecule has 0 atom stereocenters. The molecule has 16 heavy (non-hydrogen) atoms. The van der Waals surface area contributed by atoms with Crippen LogP contribution < -0.4 is 0 Å². The minimum atomic E-state index is 0.725. The van der Waals surface area contributed by atoms with Crippen LogP contribution in [0.15, 0.2) is 48.8 Å². The zero-order valence-electron chi connectivity index (χ0n) is 8.61. The lowest BCUT2D eigenvalue weighted by atomic mass is 10.2. The lowest BCUT2D eigenvalue weighted by Crippen LogP contribution is -2.01. The molecule has 4 nitrogen and oxygen atoms in total. The third kappa shape index (κ3) is 1.54. The Morgan fingerprint density at radius 1 is 1.00 bits per heavy atom. The second-order valence-corrected chi connectivity index (χ2v) is 3.59. The van der Waals surface area contributed by atoms with E-state index in [0.717, 1.165) is 17.6 Å². The van der Waals surface area contributed by atoms with Gasteiger partial charge in [0.25, 0.3) is 0 Å². The largest absolute Gasteiger partial charge is 0.265 e. The molecule has 0 fully saturated rings. The molecule has 0 bridgehead atoms. The summed E-state index contributed by atoms with van der Waals surface area (Å²) < 4.78 is 1.89. The normalized spacial score (nSPS) is 10.8. The van der Waals surface area contributed by atoms with Gasteiger partial charge in [0.2, 0.25) is 0 Å². The SMILES string of the molecule is c1ccc2c(c1)nnn2Cc1ccncc1. The minimum Gasteiger partial charge on any atom is -0.265 e. The first-order valence-corrected chi connectivity index (χ1v) is 5.10. The number of benzene rings is 1. The topological polar surface area (TPSA) is 43.6 Å². The summed E-state index contributed by atoms with van der Waals surface area (Å²) in [5.41, 5.74) is 3.15. The molecule has 0 spiro atoms. The molecule has 2 aromatic heterocycles. The van der Waals surface area contributed by atoms with Crippen LogP contribution in [0.2, 0.25) is 0 Å². The Morgan fingerprint density at radius 3 is 2.69 bits per heavy atom. The molecule has 3 aromatic rings. The lowest BCUT2D eigenvalue weighted by Gasteiger charge is -2.01. The standard InChI is InChI=1S/C12H10N4/c1-2-4-12-11(3-1)14-15-16(12)9-10-5-7-13-8-6-10/h1-8H,9H2. The number of para-hydroxylation sites is 1. The number of hydrogen-bond donors (Lipinski definition) is 0. The van der Waals surface area contributed by atoms with Crippen molar-refractivity contribution >= 4 is 11.0 Å². The van der Waals surface area contributed by atoms with Gasteiger partial charge in [0.05, 0.1) is 12.1 Å². The quantitative estimate of drug-likeness (QED) is 0.648. The first-order valence-electron chi connectivity index (χ1n) is 5.10. The van der Waals surface area contributed by atoms with Gasteiger partial charge in [0.15, 0.2) is 0 Å². The summed E-state index contributed by atoms with van der Waals surface area (Å²) in [6, 6.07) is 11.9. The fraction of sp³-hybridized carbons (Fsp3) is 0.0833. The molecule has 78 valence electrons. The zero-order chi connectivity index (χ0) is 10.8. The number of rotatable bonds is 2. The second kappa shape index (κ2) is 3.73. The van der Waals surface area contributed by atoms with Gasteiger partial charge in [-0.1, -0.05) is 17.3 Å². The van der Waals surface area contributed by atoms with E-state index in [1.54, 1.807) is 12.4 Å². The van der Waals surface area contributed by atoms with Crippen LogP contribution >= 0.6 is 0 Å². The molecule has 0 saturated carbocycles. The van der Waals surface area contributed by atoms with Crippen molar-refractivity contribution in [3.05, 3.63) is 54.4 Å². The van der Waals surface area contributed by atoms with Crippen LogP contribution in [0.25, 0.3) is 11.0 Å². The number of nitrogens with zero attached hydrogens (tertiary/aromatic N) is 4. The Bertz CT molecular complexity index is 600. The molecule has 0 unspecified atom stereocenters. The minimum absolute atomic E-state index is 0.725. The van der Waals surface area contributed by atoms with Crippen molar-refractivity contribution < 1.29 is 0 Å². The molecule has 0 N–H and O–H groups in total. The van der Waals surface area contributed by atoms with Gasteiger partial charge in [-0.25, -0.2) is 4.68 Å². The average molecular weight is 210 g/mol. The molecular weight excluding hydrogens is 200 g/mol. The first kappa shape index (κ1) is 9.03. The predicted molar refractivity (Wildman–Crippen MR) is 60.9 cm³/mol. The first-order chi connectivity index (χ1) is 7.93. The van der Waals surface area contributed by atoms with E-state index in [9.17, 15) is 0 Å². The molecule has 0 amide bonds. The summed E-state index contributed by atoms with van der Waals surface area (Å²) in [4.78, 5) is 3.99. The van der Waals surface area contributed by atoms with Crippen LogP contribution in [-0.2, 0) is 6.54 Å². The van der Waals surface area contributed by atoms with Crippen molar-refractivity contribution in [1.82, 2.24) is 20.0 Å². The fourth-order valence-electron chi connectivity index (χ4n) is 1.70. The van der Waals surface area contributed by atoms with Crippen molar-refractivity contribution in [2.24, 2.45) is 0 Å². The van der Waals surface area contributed by atoms with Gasteiger partial charge in [-0.3, -0.25) is 4.98 Å². The summed E-state index contributed by atoms with van der Waals surface area (Å²) in [6.07, 6.45) is 3.57. The molecule has 1 aromatic carbocycles. The Morgan fingerprint density at radius 2 is 1.81 bits per heavy atom. The summed E-state index contributed by atoms with van der Waals surface area (Å²) in [6.45, 7) is 0.725. The Kier molecular flexibility index (Phi) is 2.11. The van der Waals surface area contributed by atoms with Gasteiger partial charge < -0.3 is 0 Å². The maximum Gasteiger partial charge on any atom is 0.113 e. The summed E-state index contributed by atoms with van der Waals surface area (Å²) in [5, 5.41) is 8.25. The van der Waals surface area contributed by atoms with Gasteiger partial charge >= 0.3 is 0 Å². The molecule has 0 aliphatic rings. The van der Waals surface area contributed by atoms with Gasteiger partial charge in [-0.05, 0) is 29.8 Å². The monoisotopic (exact) mass is 210 g/mol. The number of aromatic nitrogens is 4. The van der Waals surface area contributed by atoms with Crippen LogP contribution in [-0.4, -0.2) is 20.0 Å². The third-order valence-corrected chi connectivity index (χ3v) is 2.50. The Labute approximate surface area is 92.6 Å². The maximum atomic E-state index is 4.14. The van der Waals surface area contributed by atoms with E-state index in [1.807, 2.05) is 41.1 Å². The highest BCUT2D eigenvalue weighted by atomic mass is 15.4. The van der Waals surface area contributed by atoms with Crippen LogP contribution in [0.5, 0.6) is 0 Å². The molecular formula is C12H10N4. The van der Waals surface area contributed by atoms with E-state index in [-0.39, 0.29) is 0 Å². The van der Waals surface area contributed by atoms with E-state index in [4.69, 9.17) is 0 Å². The van der Waals surface area contributed by atoms with Gasteiger partial charge in [0.1, 0.15) is 5.52 Å². The number of pyridine rings is 1. The summed E-state index contributed by atoms with van der Waals surface area (Å²) >= 11 is 0. The van der Waals surface area contributed by atoms with Gasteiger partial charge in [0, 0.05) is 12.4 Å². The molecule has 4 heteroatoms. The zero-order valence-corrected chi connectivity index (χ0v) is 8.61. The van der Waals surface area contributed by atoms with E-state index in [0.29, 0.717) is 0 Å². The molecule has 2 heterocycles. The Balaban J connectivity index is 2.01. The van der Waals surface area contributed by atoms with Gasteiger partial charge in [-0.15, -0.1) is 5.10 Å². The van der Waals surface area contributed by atoms with Crippen molar-refractivity contribution in [2.45, 2.75) is 6.54 Å². The summed E-state index contributed by atoms with van der Waals surface area (Å²) in [5.74, 6) is 0. The average Bonchev–Trinajstić information content (AvgIpc) is 2.74. The maximum absolute atomic E-state index is 4.14. The van der Waals surface area contributed by atoms with Gasteiger partial charge in [-0.2, -0.15) is 0 Å². The fourth-order valence-corrected chi connectivity index (χ4v) is 1.70. The van der Waals surface area contributed by atoms with E-state index < -0.39 is 0 Å². The lowest BCUT2D eigenvalue weighted by molar-refractivity contribution is 0.669. The van der Waals surface area contributed by atoms with E-state index in [1.165, 1.54) is 5.56 Å². The summed E-state index contributed by atoms with van der Waals surface area (Å²) in [7, 11) is 0. The molecule has 0 aliphatic heterocycles. The third-order valence-electron chi connectivity index (χ3n) is 2.50. The van der Waals surface area contributed by atoms with Crippen molar-refractivity contribution in [1.29, 1.82) is 0 Å². The molecule has 0 radical (unpaired) electrons. The Hall–Kier alpha value is -2.23. The molecule has 0 saturated heterocycles. The highest BCUT2D eigenvalue weighted by Gasteiger charge is 2.03. The highest BCUT2D eigenvalue weighted by molar-refractivity contribution is 5.73. The number of hydrogen-bond acceptors (Lipinski definition) is 3.